The van der Waals surface area contributed by atoms with Gasteiger partial charge in [0.25, 0.3) is 11.6 Å². The van der Waals surface area contributed by atoms with Gasteiger partial charge < -0.3 is 10.1 Å². The van der Waals surface area contributed by atoms with Gasteiger partial charge in [0.2, 0.25) is 0 Å². The minimum atomic E-state index is -4.77. The maximum atomic E-state index is 12.7. The van der Waals surface area contributed by atoms with Crippen LogP contribution in [0.5, 0.6) is 0 Å². The van der Waals surface area contributed by atoms with Gasteiger partial charge in [0.05, 0.1) is 10.5 Å². The first-order chi connectivity index (χ1) is 13.6. The summed E-state index contributed by atoms with van der Waals surface area (Å²) < 4.78 is 42.8. The Morgan fingerprint density at radius 1 is 1.21 bits per heavy atom. The SMILES string of the molecule is Cc1cccc(/C=C/C(=O)OCC(=O)Nc2ccc(C(F)(F)F)cc2[N+](=O)[O-])c1. The van der Waals surface area contributed by atoms with E-state index in [1.54, 1.807) is 12.1 Å². The number of nitro groups is 1. The number of nitro benzene ring substituents is 1. The van der Waals surface area contributed by atoms with Crippen molar-refractivity contribution in [2.45, 2.75) is 13.1 Å². The molecule has 1 N–H and O–H groups in total. The Labute approximate surface area is 162 Å². The lowest BCUT2D eigenvalue weighted by atomic mass is 10.1. The molecule has 0 bridgehead atoms. The number of nitrogens with one attached hydrogen (secondary N) is 1. The van der Waals surface area contributed by atoms with Crippen LogP contribution < -0.4 is 5.32 Å². The Balaban J connectivity index is 1.98. The summed E-state index contributed by atoms with van der Waals surface area (Å²) in [4.78, 5) is 33.4. The number of carbonyl (C=O) groups is 2. The lowest BCUT2D eigenvalue weighted by Gasteiger charge is -2.10. The maximum Gasteiger partial charge on any atom is 0.416 e. The van der Waals surface area contributed by atoms with E-state index in [0.717, 1.165) is 23.3 Å². The van der Waals surface area contributed by atoms with Crippen LogP contribution in [-0.4, -0.2) is 23.4 Å². The molecule has 0 saturated heterocycles. The van der Waals surface area contributed by atoms with Crippen LogP contribution in [0.4, 0.5) is 24.5 Å². The number of anilines is 1. The normalized spacial score (nSPS) is 11.3. The molecule has 0 spiro atoms. The molecular formula is C19H15F3N2O5. The monoisotopic (exact) mass is 408 g/mol. The van der Waals surface area contributed by atoms with Crippen LogP contribution in [-0.2, 0) is 20.5 Å². The molecule has 29 heavy (non-hydrogen) atoms. The van der Waals surface area contributed by atoms with Crippen molar-refractivity contribution < 1.29 is 32.4 Å². The molecule has 2 aromatic rings. The summed E-state index contributed by atoms with van der Waals surface area (Å²) >= 11 is 0. The number of ether oxygens (including phenoxy) is 1. The summed E-state index contributed by atoms with van der Waals surface area (Å²) in [7, 11) is 0. The van der Waals surface area contributed by atoms with Gasteiger partial charge in [-0.25, -0.2) is 4.79 Å². The lowest BCUT2D eigenvalue weighted by molar-refractivity contribution is -0.384. The largest absolute Gasteiger partial charge is 0.452 e. The van der Waals surface area contributed by atoms with Gasteiger partial charge in [0, 0.05) is 12.1 Å². The number of alkyl halides is 3. The summed E-state index contributed by atoms with van der Waals surface area (Å²) in [5.41, 5.74) is -0.877. The van der Waals surface area contributed by atoms with Crippen molar-refractivity contribution in [1.29, 1.82) is 0 Å². The Morgan fingerprint density at radius 2 is 1.93 bits per heavy atom. The Hall–Kier alpha value is -3.69. The minimum absolute atomic E-state index is 0.312. The standard InChI is InChI=1S/C19H15F3N2O5/c1-12-3-2-4-13(9-12)5-8-18(26)29-11-17(25)23-15-7-6-14(19(20,21)22)10-16(15)24(27)28/h2-10H,11H2,1H3,(H,23,25)/b8-5+. The first-order valence-corrected chi connectivity index (χ1v) is 8.13. The summed E-state index contributed by atoms with van der Waals surface area (Å²) in [6, 6.07) is 8.92. The number of nitrogens with zero attached hydrogens (tertiary/aromatic N) is 1. The van der Waals surface area contributed by atoms with Gasteiger partial charge >= 0.3 is 12.1 Å². The fourth-order valence-electron chi connectivity index (χ4n) is 2.27. The van der Waals surface area contributed by atoms with Crippen LogP contribution in [0.3, 0.4) is 0 Å². The van der Waals surface area contributed by atoms with Gasteiger partial charge in [-0.3, -0.25) is 14.9 Å². The molecule has 2 aromatic carbocycles. The fraction of sp³-hybridized carbons (Fsp3) is 0.158. The number of benzene rings is 2. The topological polar surface area (TPSA) is 98.5 Å². The van der Waals surface area contributed by atoms with Crippen LogP contribution in [0.2, 0.25) is 0 Å². The highest BCUT2D eigenvalue weighted by molar-refractivity contribution is 5.96. The summed E-state index contributed by atoms with van der Waals surface area (Å²) in [6.45, 7) is 1.11. The smallest absolute Gasteiger partial charge is 0.416 e. The average molecular weight is 408 g/mol. The third-order valence-corrected chi connectivity index (χ3v) is 3.60. The Kier molecular flexibility index (Phi) is 6.71. The highest BCUT2D eigenvalue weighted by Gasteiger charge is 2.33. The van der Waals surface area contributed by atoms with E-state index in [1.165, 1.54) is 6.08 Å². The van der Waals surface area contributed by atoms with Gasteiger partial charge in [0.15, 0.2) is 6.61 Å². The first kappa shape index (κ1) is 21.6. The van der Waals surface area contributed by atoms with Crippen LogP contribution in [0, 0.1) is 17.0 Å². The highest BCUT2D eigenvalue weighted by atomic mass is 19.4. The first-order valence-electron chi connectivity index (χ1n) is 8.13. The second-order valence-electron chi connectivity index (χ2n) is 5.89. The van der Waals surface area contributed by atoms with Crippen molar-refractivity contribution in [3.8, 4) is 0 Å². The number of rotatable bonds is 6. The number of halogens is 3. The van der Waals surface area contributed by atoms with Crippen molar-refractivity contribution >= 4 is 29.3 Å². The predicted octanol–water partition coefficient (Wildman–Crippen LogP) is 4.12. The van der Waals surface area contributed by atoms with Crippen molar-refractivity contribution in [1.82, 2.24) is 0 Å². The van der Waals surface area contributed by atoms with E-state index in [0.29, 0.717) is 12.1 Å². The fourth-order valence-corrected chi connectivity index (χ4v) is 2.27. The number of hydrogen-bond donors (Lipinski definition) is 1. The molecule has 0 saturated carbocycles. The van der Waals surface area contributed by atoms with Crippen LogP contribution in [0.25, 0.3) is 6.08 Å². The van der Waals surface area contributed by atoms with E-state index in [1.807, 2.05) is 19.1 Å². The molecule has 0 aliphatic carbocycles. The van der Waals surface area contributed by atoms with Crippen LogP contribution in [0.1, 0.15) is 16.7 Å². The van der Waals surface area contributed by atoms with E-state index in [4.69, 9.17) is 4.74 Å². The number of esters is 1. The van der Waals surface area contributed by atoms with E-state index >= 15 is 0 Å². The van der Waals surface area contributed by atoms with E-state index < -0.39 is 46.5 Å². The van der Waals surface area contributed by atoms with E-state index in [-0.39, 0.29) is 0 Å². The highest BCUT2D eigenvalue weighted by Crippen LogP contribution is 2.34. The molecule has 1 amide bonds. The molecular weight excluding hydrogens is 393 g/mol. The number of carbonyl (C=O) groups excluding carboxylic acids is 2. The van der Waals surface area contributed by atoms with Gasteiger partial charge in [0.1, 0.15) is 5.69 Å². The van der Waals surface area contributed by atoms with Crippen LogP contribution >= 0.6 is 0 Å². The molecule has 0 fully saturated rings. The molecule has 7 nitrogen and oxygen atoms in total. The molecule has 0 aliphatic rings. The van der Waals surface area contributed by atoms with Gasteiger partial charge in [-0.05, 0) is 30.7 Å². The molecule has 152 valence electrons. The van der Waals surface area contributed by atoms with Gasteiger partial charge in [-0.2, -0.15) is 13.2 Å². The molecule has 0 atom stereocenters. The second-order valence-corrected chi connectivity index (χ2v) is 5.89. The zero-order chi connectivity index (χ0) is 21.6. The average Bonchev–Trinajstić information content (AvgIpc) is 2.64. The maximum absolute atomic E-state index is 12.7. The van der Waals surface area contributed by atoms with E-state index in [9.17, 15) is 32.9 Å². The summed E-state index contributed by atoms with van der Waals surface area (Å²) in [6.07, 6.45) is -2.19. The third-order valence-electron chi connectivity index (χ3n) is 3.60. The van der Waals surface area contributed by atoms with Crippen molar-refractivity contribution in [3.63, 3.8) is 0 Å². The Bertz CT molecular complexity index is 971. The second kappa shape index (κ2) is 9.00. The molecule has 0 unspecified atom stereocenters. The lowest BCUT2D eigenvalue weighted by Crippen LogP contribution is -2.21. The Morgan fingerprint density at radius 3 is 2.55 bits per heavy atom. The molecule has 0 heterocycles. The number of aryl methyl sites for hydroxylation is 1. The predicted molar refractivity (Wildman–Crippen MR) is 97.9 cm³/mol. The summed E-state index contributed by atoms with van der Waals surface area (Å²) in [5.74, 6) is -1.77. The molecule has 10 heteroatoms. The molecule has 2 rings (SSSR count). The third kappa shape index (κ3) is 6.45. The van der Waals surface area contributed by atoms with E-state index in [2.05, 4.69) is 5.32 Å². The van der Waals surface area contributed by atoms with Crippen molar-refractivity contribution in [2.24, 2.45) is 0 Å². The number of amides is 1. The zero-order valence-electron chi connectivity index (χ0n) is 15.0. The molecule has 0 aromatic heterocycles. The van der Waals surface area contributed by atoms with Gasteiger partial charge in [-0.1, -0.05) is 29.8 Å². The van der Waals surface area contributed by atoms with Gasteiger partial charge in [-0.15, -0.1) is 0 Å². The number of hydrogen-bond acceptors (Lipinski definition) is 5. The minimum Gasteiger partial charge on any atom is -0.452 e. The quantitative estimate of drug-likeness (QED) is 0.336. The zero-order valence-corrected chi connectivity index (χ0v) is 15.0. The van der Waals surface area contributed by atoms with Crippen molar-refractivity contribution in [3.05, 3.63) is 75.3 Å². The van der Waals surface area contributed by atoms with Crippen molar-refractivity contribution in [2.75, 3.05) is 11.9 Å². The molecule has 0 aliphatic heterocycles. The van der Waals surface area contributed by atoms with Crippen LogP contribution in [0.15, 0.2) is 48.5 Å². The molecule has 0 radical (unpaired) electrons. The summed E-state index contributed by atoms with van der Waals surface area (Å²) in [5, 5.41) is 13.0.